The van der Waals surface area contributed by atoms with Gasteiger partial charge in [-0.05, 0) is 98.5 Å². The van der Waals surface area contributed by atoms with Crippen molar-refractivity contribution in [1.29, 1.82) is 5.26 Å². The number of hydrogen-bond donors (Lipinski definition) is 1. The van der Waals surface area contributed by atoms with Crippen LogP contribution in [0, 0.1) is 11.3 Å². The van der Waals surface area contributed by atoms with Crippen molar-refractivity contribution in [1.82, 2.24) is 5.32 Å². The van der Waals surface area contributed by atoms with Gasteiger partial charge in [0, 0.05) is 12.0 Å². The average molecular weight is 505 g/mol. The van der Waals surface area contributed by atoms with E-state index < -0.39 is 0 Å². The number of nitriles is 1. The highest BCUT2D eigenvalue weighted by atomic mass is 14.8. The summed E-state index contributed by atoms with van der Waals surface area (Å²) in [5.41, 5.74) is 15.4. The summed E-state index contributed by atoms with van der Waals surface area (Å²) >= 11 is 0. The van der Waals surface area contributed by atoms with E-state index in [0.29, 0.717) is 5.56 Å². The number of nitrogens with one attached hydrogen (secondary N) is 1. The fourth-order valence-corrected chi connectivity index (χ4v) is 6.14. The van der Waals surface area contributed by atoms with Gasteiger partial charge in [0.05, 0.1) is 11.6 Å². The molecule has 0 bridgehead atoms. The Morgan fingerprint density at radius 2 is 1.62 bits per heavy atom. The van der Waals surface area contributed by atoms with Crippen LogP contribution in [0.1, 0.15) is 58.4 Å². The lowest BCUT2D eigenvalue weighted by atomic mass is 9.81. The molecule has 39 heavy (non-hydrogen) atoms. The van der Waals surface area contributed by atoms with Gasteiger partial charge in [0.25, 0.3) is 0 Å². The van der Waals surface area contributed by atoms with E-state index in [-0.39, 0.29) is 5.41 Å². The highest BCUT2D eigenvalue weighted by molar-refractivity contribution is 5.98. The molecule has 190 valence electrons. The van der Waals surface area contributed by atoms with E-state index >= 15 is 0 Å². The van der Waals surface area contributed by atoms with E-state index in [4.69, 9.17) is 0 Å². The van der Waals surface area contributed by atoms with Gasteiger partial charge < -0.3 is 5.32 Å². The zero-order valence-corrected chi connectivity index (χ0v) is 22.8. The van der Waals surface area contributed by atoms with E-state index in [1.165, 1.54) is 55.7 Å². The van der Waals surface area contributed by atoms with Crippen molar-refractivity contribution in [2.45, 2.75) is 32.2 Å². The third kappa shape index (κ3) is 4.26. The molecule has 0 radical (unpaired) electrons. The second kappa shape index (κ2) is 9.70. The van der Waals surface area contributed by atoms with Crippen LogP contribution in [0.4, 0.5) is 0 Å². The van der Waals surface area contributed by atoms with Crippen LogP contribution in [0.3, 0.4) is 0 Å². The summed E-state index contributed by atoms with van der Waals surface area (Å²) in [6.45, 7) is 10.0. The van der Waals surface area contributed by atoms with Crippen LogP contribution in [-0.4, -0.2) is 7.05 Å². The van der Waals surface area contributed by atoms with E-state index in [1.54, 1.807) is 0 Å². The lowest BCUT2D eigenvalue weighted by Gasteiger charge is -2.22. The summed E-state index contributed by atoms with van der Waals surface area (Å²) in [4.78, 5) is 0. The largest absolute Gasteiger partial charge is 0.316 e. The average Bonchev–Trinajstić information content (AvgIpc) is 3.44. The van der Waals surface area contributed by atoms with Crippen molar-refractivity contribution in [2.24, 2.45) is 0 Å². The van der Waals surface area contributed by atoms with Crippen LogP contribution in [0.25, 0.3) is 28.3 Å². The van der Waals surface area contributed by atoms with Gasteiger partial charge in [0.15, 0.2) is 0 Å². The van der Waals surface area contributed by atoms with E-state index in [9.17, 15) is 5.26 Å². The molecule has 0 aliphatic heterocycles. The first-order chi connectivity index (χ1) is 18.9. The van der Waals surface area contributed by atoms with Crippen molar-refractivity contribution in [2.75, 3.05) is 7.05 Å². The maximum absolute atomic E-state index is 9.47. The van der Waals surface area contributed by atoms with Gasteiger partial charge in [-0.3, -0.25) is 0 Å². The van der Waals surface area contributed by atoms with Crippen LogP contribution in [0.15, 0.2) is 103 Å². The third-order valence-corrected chi connectivity index (χ3v) is 8.32. The molecule has 0 heterocycles. The summed E-state index contributed by atoms with van der Waals surface area (Å²) in [6, 6.07) is 32.5. The molecule has 0 spiro atoms. The molecule has 6 rings (SSSR count). The van der Waals surface area contributed by atoms with Crippen molar-refractivity contribution in [3.63, 3.8) is 0 Å². The first kappa shape index (κ1) is 24.9. The summed E-state index contributed by atoms with van der Waals surface area (Å²) < 4.78 is 0. The number of fused-ring (bicyclic) bond motifs is 4. The number of hydrogen-bond acceptors (Lipinski definition) is 2. The molecule has 0 saturated carbocycles. The van der Waals surface area contributed by atoms with Gasteiger partial charge in [-0.15, -0.1) is 0 Å². The summed E-state index contributed by atoms with van der Waals surface area (Å²) in [5, 5.41) is 12.7. The molecule has 0 saturated heterocycles. The maximum atomic E-state index is 9.47. The molecule has 4 aromatic rings. The quantitative estimate of drug-likeness (QED) is 0.287. The van der Waals surface area contributed by atoms with Gasteiger partial charge in [-0.25, -0.2) is 0 Å². The second-order valence-electron chi connectivity index (χ2n) is 11.1. The monoisotopic (exact) mass is 504 g/mol. The first-order valence-electron chi connectivity index (χ1n) is 13.5. The van der Waals surface area contributed by atoms with E-state index in [2.05, 4.69) is 117 Å². The SMILES string of the molecule is C=C(C1=C(C=Cc2ccc(CNC)cc2)c2ccccc2C1)c1ccc2c(c1)C(C)(C)c1cc(C#N)ccc1-2. The Morgan fingerprint density at radius 3 is 2.36 bits per heavy atom. The molecule has 0 aromatic heterocycles. The molecule has 0 atom stereocenters. The van der Waals surface area contributed by atoms with Crippen LogP contribution in [0.2, 0.25) is 0 Å². The molecule has 4 aromatic carbocycles. The standard InChI is InChI=1S/C37H32N2/c1-24(28-15-18-33-32-17-14-27(22-38)19-35(32)37(2,3)36(33)21-28)34-20-29-7-5-6-8-30(29)31(34)16-13-25-9-11-26(12-10-25)23-39-4/h5-19,21,39H,1,20,23H2,2-4H3. The lowest BCUT2D eigenvalue weighted by Crippen LogP contribution is -2.15. The summed E-state index contributed by atoms with van der Waals surface area (Å²) in [5.74, 6) is 0. The van der Waals surface area contributed by atoms with Gasteiger partial charge in [-0.2, -0.15) is 5.26 Å². The Labute approximate surface area is 231 Å². The minimum atomic E-state index is -0.178. The Kier molecular flexibility index (Phi) is 6.18. The minimum Gasteiger partial charge on any atom is -0.316 e. The summed E-state index contributed by atoms with van der Waals surface area (Å²) in [6.07, 6.45) is 5.35. The molecular formula is C37H32N2. The van der Waals surface area contributed by atoms with Gasteiger partial charge in [0.2, 0.25) is 0 Å². The summed E-state index contributed by atoms with van der Waals surface area (Å²) in [7, 11) is 1.97. The molecule has 0 amide bonds. The molecule has 2 aliphatic rings. The molecule has 2 heteroatoms. The molecule has 1 N–H and O–H groups in total. The Balaban J connectivity index is 1.38. The first-order valence-corrected chi connectivity index (χ1v) is 13.5. The van der Waals surface area contributed by atoms with Gasteiger partial charge >= 0.3 is 0 Å². The smallest absolute Gasteiger partial charge is 0.0991 e. The molecule has 2 nitrogen and oxygen atoms in total. The van der Waals surface area contributed by atoms with E-state index in [0.717, 1.165) is 24.1 Å². The zero-order chi connectivity index (χ0) is 27.1. The number of nitrogens with zero attached hydrogens (tertiary/aromatic N) is 1. The van der Waals surface area contributed by atoms with Crippen molar-refractivity contribution >= 4 is 17.2 Å². The topological polar surface area (TPSA) is 35.8 Å². The molecule has 0 unspecified atom stereocenters. The van der Waals surface area contributed by atoms with E-state index in [1.807, 2.05) is 19.2 Å². The number of benzene rings is 4. The molecule has 2 aliphatic carbocycles. The van der Waals surface area contributed by atoms with Crippen LogP contribution in [0.5, 0.6) is 0 Å². The predicted molar refractivity (Wildman–Crippen MR) is 163 cm³/mol. The van der Waals surface area contributed by atoms with Gasteiger partial charge in [0.1, 0.15) is 0 Å². The van der Waals surface area contributed by atoms with Crippen molar-refractivity contribution in [3.05, 3.63) is 148 Å². The number of allylic oxidation sites excluding steroid dienone is 4. The van der Waals surface area contributed by atoms with Crippen LogP contribution in [-0.2, 0) is 18.4 Å². The van der Waals surface area contributed by atoms with Crippen molar-refractivity contribution in [3.8, 4) is 17.2 Å². The Morgan fingerprint density at radius 1 is 0.897 bits per heavy atom. The fraction of sp³-hybridized carbons (Fsp3) is 0.162. The highest BCUT2D eigenvalue weighted by Gasteiger charge is 2.36. The Hall–Kier alpha value is -4.45. The molecular weight excluding hydrogens is 472 g/mol. The fourth-order valence-electron chi connectivity index (χ4n) is 6.14. The minimum absolute atomic E-state index is 0.178. The predicted octanol–water partition coefficient (Wildman–Crippen LogP) is 8.32. The zero-order valence-electron chi connectivity index (χ0n) is 22.8. The van der Waals surface area contributed by atoms with Crippen LogP contribution < -0.4 is 5.32 Å². The normalized spacial score (nSPS) is 14.7. The van der Waals surface area contributed by atoms with Crippen molar-refractivity contribution < 1.29 is 0 Å². The number of rotatable bonds is 6. The Bertz CT molecular complexity index is 1720. The van der Waals surface area contributed by atoms with Crippen LogP contribution >= 0.6 is 0 Å². The second-order valence-corrected chi connectivity index (χ2v) is 11.1. The highest BCUT2D eigenvalue weighted by Crippen LogP contribution is 2.50. The molecule has 0 fully saturated rings. The third-order valence-electron chi connectivity index (χ3n) is 8.32. The lowest BCUT2D eigenvalue weighted by molar-refractivity contribution is 0.660. The van der Waals surface area contributed by atoms with Gasteiger partial charge in [-0.1, -0.05) is 99.3 Å². The maximum Gasteiger partial charge on any atom is 0.0991 e.